The van der Waals surface area contributed by atoms with Gasteiger partial charge in [0, 0.05) is 24.6 Å². The summed E-state index contributed by atoms with van der Waals surface area (Å²) in [6.45, 7) is 0.757. The Bertz CT molecular complexity index is 617. The van der Waals surface area contributed by atoms with Crippen LogP contribution < -0.4 is 5.32 Å². The standard InChI is InChI=1S/C14H13N5/c1-2-12(10-15-7-1)11-16-13-3-5-14(6-4-13)19-17-8-9-18-19/h1-10,16H,11H2. The number of anilines is 1. The summed E-state index contributed by atoms with van der Waals surface area (Å²) in [4.78, 5) is 5.67. The van der Waals surface area contributed by atoms with Crippen LogP contribution in [0, 0.1) is 0 Å². The molecule has 0 saturated carbocycles. The van der Waals surface area contributed by atoms with Gasteiger partial charge < -0.3 is 5.32 Å². The fourth-order valence-corrected chi connectivity index (χ4v) is 1.77. The molecule has 94 valence electrons. The fourth-order valence-electron chi connectivity index (χ4n) is 1.77. The first-order valence-corrected chi connectivity index (χ1v) is 6.01. The van der Waals surface area contributed by atoms with Gasteiger partial charge in [-0.25, -0.2) is 0 Å². The van der Waals surface area contributed by atoms with E-state index in [0.29, 0.717) is 0 Å². The molecule has 3 rings (SSSR count). The SMILES string of the molecule is c1cncc(CNc2ccc(-n3nccn3)cc2)c1. The highest BCUT2D eigenvalue weighted by Gasteiger charge is 1.98. The van der Waals surface area contributed by atoms with Gasteiger partial charge in [0.25, 0.3) is 0 Å². The Morgan fingerprint density at radius 1 is 0.947 bits per heavy atom. The summed E-state index contributed by atoms with van der Waals surface area (Å²) in [6, 6.07) is 12.0. The van der Waals surface area contributed by atoms with Crippen LogP contribution in [-0.2, 0) is 6.54 Å². The summed E-state index contributed by atoms with van der Waals surface area (Å²) in [5.74, 6) is 0. The van der Waals surface area contributed by atoms with Gasteiger partial charge in [-0.1, -0.05) is 6.07 Å². The Kier molecular flexibility index (Phi) is 3.18. The van der Waals surface area contributed by atoms with Gasteiger partial charge in [0.1, 0.15) is 0 Å². The summed E-state index contributed by atoms with van der Waals surface area (Å²) in [5.41, 5.74) is 3.15. The lowest BCUT2D eigenvalue weighted by Gasteiger charge is -2.07. The van der Waals surface area contributed by atoms with E-state index in [2.05, 4.69) is 20.5 Å². The van der Waals surface area contributed by atoms with Crippen molar-refractivity contribution >= 4 is 5.69 Å². The quantitative estimate of drug-likeness (QED) is 0.773. The first-order chi connectivity index (χ1) is 9.42. The van der Waals surface area contributed by atoms with Crippen molar-refractivity contribution in [3.8, 4) is 5.69 Å². The number of hydrogen-bond acceptors (Lipinski definition) is 4. The highest BCUT2D eigenvalue weighted by molar-refractivity contribution is 5.48. The molecule has 0 saturated heterocycles. The van der Waals surface area contributed by atoms with E-state index in [1.807, 2.05) is 42.6 Å². The minimum absolute atomic E-state index is 0.757. The molecule has 0 aliphatic heterocycles. The summed E-state index contributed by atoms with van der Waals surface area (Å²) < 4.78 is 0. The number of nitrogens with zero attached hydrogens (tertiary/aromatic N) is 4. The van der Waals surface area contributed by atoms with E-state index in [1.54, 1.807) is 23.4 Å². The Morgan fingerprint density at radius 3 is 2.42 bits per heavy atom. The average Bonchev–Trinajstić information content (AvgIpc) is 3.01. The molecule has 3 aromatic rings. The maximum absolute atomic E-state index is 4.09. The molecule has 0 unspecified atom stereocenters. The molecule has 19 heavy (non-hydrogen) atoms. The third kappa shape index (κ3) is 2.77. The molecule has 0 amide bonds. The first-order valence-electron chi connectivity index (χ1n) is 6.01. The number of aromatic nitrogens is 4. The van der Waals surface area contributed by atoms with Gasteiger partial charge in [0.05, 0.1) is 18.1 Å². The minimum atomic E-state index is 0.757. The molecule has 1 N–H and O–H groups in total. The van der Waals surface area contributed by atoms with Crippen LogP contribution in [0.25, 0.3) is 5.69 Å². The third-order valence-electron chi connectivity index (χ3n) is 2.74. The molecule has 1 aromatic carbocycles. The second-order valence-corrected chi connectivity index (χ2v) is 4.08. The van der Waals surface area contributed by atoms with E-state index in [1.165, 1.54) is 0 Å². The molecule has 0 bridgehead atoms. The van der Waals surface area contributed by atoms with Crippen molar-refractivity contribution < 1.29 is 0 Å². The lowest BCUT2D eigenvalue weighted by Crippen LogP contribution is -2.01. The van der Waals surface area contributed by atoms with Gasteiger partial charge in [-0.3, -0.25) is 4.98 Å². The van der Waals surface area contributed by atoms with Crippen molar-refractivity contribution in [3.05, 3.63) is 66.7 Å². The van der Waals surface area contributed by atoms with Gasteiger partial charge in [-0.2, -0.15) is 15.0 Å². The van der Waals surface area contributed by atoms with Crippen molar-refractivity contribution in [2.24, 2.45) is 0 Å². The molecule has 0 radical (unpaired) electrons. The van der Waals surface area contributed by atoms with Crippen LogP contribution in [0.3, 0.4) is 0 Å². The molecule has 2 heterocycles. The van der Waals surface area contributed by atoms with Gasteiger partial charge in [-0.15, -0.1) is 0 Å². The van der Waals surface area contributed by atoms with Crippen LogP contribution in [0.5, 0.6) is 0 Å². The fraction of sp³-hybridized carbons (Fsp3) is 0.0714. The van der Waals surface area contributed by atoms with Crippen molar-refractivity contribution in [1.29, 1.82) is 0 Å². The number of benzene rings is 1. The highest BCUT2D eigenvalue weighted by Crippen LogP contribution is 2.12. The second-order valence-electron chi connectivity index (χ2n) is 4.08. The smallest absolute Gasteiger partial charge is 0.0858 e. The van der Waals surface area contributed by atoms with Crippen molar-refractivity contribution in [3.63, 3.8) is 0 Å². The molecule has 0 aliphatic carbocycles. The van der Waals surface area contributed by atoms with Gasteiger partial charge >= 0.3 is 0 Å². The Morgan fingerprint density at radius 2 is 1.74 bits per heavy atom. The molecule has 0 atom stereocenters. The van der Waals surface area contributed by atoms with E-state index < -0.39 is 0 Å². The summed E-state index contributed by atoms with van der Waals surface area (Å²) in [5, 5.41) is 11.5. The first kappa shape index (κ1) is 11.4. The maximum atomic E-state index is 4.09. The van der Waals surface area contributed by atoms with Crippen molar-refractivity contribution in [1.82, 2.24) is 20.0 Å². The number of hydrogen-bond donors (Lipinski definition) is 1. The predicted molar refractivity (Wildman–Crippen MR) is 72.9 cm³/mol. The molecular weight excluding hydrogens is 238 g/mol. The van der Waals surface area contributed by atoms with E-state index in [-0.39, 0.29) is 0 Å². The van der Waals surface area contributed by atoms with Crippen LogP contribution in [0.15, 0.2) is 61.2 Å². The molecule has 5 heteroatoms. The molecule has 0 fully saturated rings. The number of nitrogens with one attached hydrogen (secondary N) is 1. The van der Waals surface area contributed by atoms with Crippen molar-refractivity contribution in [2.45, 2.75) is 6.54 Å². The number of pyridine rings is 1. The van der Waals surface area contributed by atoms with Crippen molar-refractivity contribution in [2.75, 3.05) is 5.32 Å². The third-order valence-corrected chi connectivity index (χ3v) is 2.74. The summed E-state index contributed by atoms with van der Waals surface area (Å²) >= 11 is 0. The van der Waals surface area contributed by atoms with Crippen LogP contribution in [0.2, 0.25) is 0 Å². The summed E-state index contributed by atoms with van der Waals surface area (Å²) in [6.07, 6.45) is 6.95. The van der Waals surface area contributed by atoms with Crippen LogP contribution in [-0.4, -0.2) is 20.0 Å². The molecule has 0 aliphatic rings. The zero-order valence-corrected chi connectivity index (χ0v) is 10.3. The van der Waals surface area contributed by atoms with Crippen LogP contribution in [0.1, 0.15) is 5.56 Å². The Hall–Kier alpha value is -2.69. The van der Waals surface area contributed by atoms with E-state index in [4.69, 9.17) is 0 Å². The Labute approximate surface area is 110 Å². The maximum Gasteiger partial charge on any atom is 0.0858 e. The monoisotopic (exact) mass is 251 g/mol. The van der Waals surface area contributed by atoms with Gasteiger partial charge in [0.2, 0.25) is 0 Å². The van der Waals surface area contributed by atoms with E-state index >= 15 is 0 Å². The van der Waals surface area contributed by atoms with E-state index in [0.717, 1.165) is 23.5 Å². The highest BCUT2D eigenvalue weighted by atomic mass is 15.5. The largest absolute Gasteiger partial charge is 0.381 e. The molecule has 5 nitrogen and oxygen atoms in total. The number of rotatable bonds is 4. The van der Waals surface area contributed by atoms with Gasteiger partial charge in [0.15, 0.2) is 0 Å². The second kappa shape index (κ2) is 5.30. The van der Waals surface area contributed by atoms with Crippen LogP contribution >= 0.6 is 0 Å². The van der Waals surface area contributed by atoms with E-state index in [9.17, 15) is 0 Å². The zero-order chi connectivity index (χ0) is 12.9. The van der Waals surface area contributed by atoms with Gasteiger partial charge in [-0.05, 0) is 35.9 Å². The molecule has 0 spiro atoms. The normalized spacial score (nSPS) is 10.3. The molecule has 2 aromatic heterocycles. The predicted octanol–water partition coefficient (Wildman–Crippen LogP) is 2.27. The lowest BCUT2D eigenvalue weighted by atomic mass is 10.2. The van der Waals surface area contributed by atoms with Crippen LogP contribution in [0.4, 0.5) is 5.69 Å². The zero-order valence-electron chi connectivity index (χ0n) is 10.3. The average molecular weight is 251 g/mol. The topological polar surface area (TPSA) is 55.6 Å². The lowest BCUT2D eigenvalue weighted by molar-refractivity contribution is 0.752. The minimum Gasteiger partial charge on any atom is -0.381 e. The summed E-state index contributed by atoms with van der Waals surface area (Å²) in [7, 11) is 0. The Balaban J connectivity index is 1.67. The molecular formula is C14H13N5.